The first kappa shape index (κ1) is 21.7. The summed E-state index contributed by atoms with van der Waals surface area (Å²) in [6.07, 6.45) is 1.00. The van der Waals surface area contributed by atoms with Crippen LogP contribution in [0, 0.1) is 13.8 Å². The summed E-state index contributed by atoms with van der Waals surface area (Å²) in [6, 6.07) is 12.9. The minimum atomic E-state index is -0.941. The van der Waals surface area contributed by atoms with Crippen LogP contribution in [0.4, 0.5) is 5.69 Å². The summed E-state index contributed by atoms with van der Waals surface area (Å²) in [4.78, 5) is 37.5. The van der Waals surface area contributed by atoms with Crippen LogP contribution in [0.2, 0.25) is 0 Å². The second-order valence-corrected chi connectivity index (χ2v) is 7.47. The number of Topliss-reactive ketones (excluding diaryl/α,β-unsaturated/α-hetero) is 1. The van der Waals surface area contributed by atoms with Gasteiger partial charge in [0.05, 0.1) is 6.42 Å². The molecule has 0 bridgehead atoms. The van der Waals surface area contributed by atoms with E-state index in [0.29, 0.717) is 11.3 Å². The summed E-state index contributed by atoms with van der Waals surface area (Å²) in [5.74, 6) is -1.10. The monoisotopic (exact) mass is 399 g/mol. The van der Waals surface area contributed by atoms with Gasteiger partial charge < -0.3 is 10.1 Å². The number of hydrogen-bond acceptors (Lipinski definition) is 5. The summed E-state index contributed by atoms with van der Waals surface area (Å²) in [7, 11) is 0. The van der Waals surface area contributed by atoms with Crippen molar-refractivity contribution in [2.75, 3.05) is 11.6 Å². The molecule has 6 heteroatoms. The fraction of sp³-hybridized carbons (Fsp3) is 0.318. The molecule has 0 aromatic heterocycles. The Morgan fingerprint density at radius 1 is 1.04 bits per heavy atom. The summed E-state index contributed by atoms with van der Waals surface area (Å²) in [6.45, 7) is 5.39. The third-order valence-corrected chi connectivity index (χ3v) is 5.03. The van der Waals surface area contributed by atoms with Gasteiger partial charge in [0.2, 0.25) is 0 Å². The van der Waals surface area contributed by atoms with Crippen LogP contribution in [0.15, 0.2) is 47.4 Å². The zero-order valence-electron chi connectivity index (χ0n) is 16.6. The van der Waals surface area contributed by atoms with Crippen molar-refractivity contribution >= 4 is 35.1 Å². The average molecular weight is 400 g/mol. The second kappa shape index (κ2) is 10.1. The zero-order valence-corrected chi connectivity index (χ0v) is 17.4. The number of esters is 1. The summed E-state index contributed by atoms with van der Waals surface area (Å²) in [5.41, 5.74) is 3.28. The smallest absolute Gasteiger partial charge is 0.307 e. The number of anilines is 1. The molecule has 0 unspecified atom stereocenters. The van der Waals surface area contributed by atoms with Crippen molar-refractivity contribution < 1.29 is 19.1 Å². The van der Waals surface area contributed by atoms with Crippen LogP contribution in [0.3, 0.4) is 0 Å². The van der Waals surface area contributed by atoms with Gasteiger partial charge in [-0.1, -0.05) is 29.8 Å². The number of rotatable bonds is 8. The van der Waals surface area contributed by atoms with Crippen LogP contribution < -0.4 is 5.32 Å². The van der Waals surface area contributed by atoms with Gasteiger partial charge in [-0.15, -0.1) is 11.8 Å². The molecular weight excluding hydrogens is 374 g/mol. The minimum Gasteiger partial charge on any atom is -0.453 e. The fourth-order valence-electron chi connectivity index (χ4n) is 2.63. The first-order chi connectivity index (χ1) is 13.3. The summed E-state index contributed by atoms with van der Waals surface area (Å²) >= 11 is 1.60. The van der Waals surface area contributed by atoms with Crippen LogP contribution in [0.25, 0.3) is 0 Å². The van der Waals surface area contributed by atoms with Gasteiger partial charge in [0.15, 0.2) is 11.9 Å². The highest BCUT2D eigenvalue weighted by molar-refractivity contribution is 7.98. The van der Waals surface area contributed by atoms with Gasteiger partial charge in [0, 0.05) is 22.6 Å². The Bertz CT molecular complexity index is 861. The molecule has 1 atom stereocenters. The number of carbonyl (C=O) groups excluding carboxylic acids is 3. The van der Waals surface area contributed by atoms with Gasteiger partial charge in [-0.3, -0.25) is 14.4 Å². The standard InChI is InChI=1S/C22H25NO4S/c1-14-5-10-19(15(2)13-14)23-22(26)16(3)27-21(25)12-11-20(24)17-6-8-18(28-4)9-7-17/h5-10,13,16H,11-12H2,1-4H3,(H,23,26)/t16-/m1/s1. The van der Waals surface area contributed by atoms with E-state index >= 15 is 0 Å². The molecule has 0 heterocycles. The molecule has 2 aromatic rings. The maximum Gasteiger partial charge on any atom is 0.307 e. The predicted molar refractivity (Wildman–Crippen MR) is 112 cm³/mol. The third-order valence-electron chi connectivity index (χ3n) is 4.29. The topological polar surface area (TPSA) is 72.5 Å². The van der Waals surface area contributed by atoms with Crippen molar-refractivity contribution in [3.05, 3.63) is 59.2 Å². The Kier molecular flexibility index (Phi) is 7.81. The third kappa shape index (κ3) is 6.23. The molecule has 0 aliphatic heterocycles. The van der Waals surface area contributed by atoms with Gasteiger partial charge in [-0.2, -0.15) is 0 Å². The van der Waals surface area contributed by atoms with Crippen LogP contribution in [-0.4, -0.2) is 30.0 Å². The van der Waals surface area contributed by atoms with E-state index in [1.165, 1.54) is 6.92 Å². The summed E-state index contributed by atoms with van der Waals surface area (Å²) < 4.78 is 5.16. The molecule has 0 saturated carbocycles. The van der Waals surface area contributed by atoms with Crippen molar-refractivity contribution in [3.8, 4) is 0 Å². The van der Waals surface area contributed by atoms with Crippen LogP contribution in [-0.2, 0) is 14.3 Å². The normalized spacial score (nSPS) is 11.6. The van der Waals surface area contributed by atoms with Crippen LogP contribution in [0.1, 0.15) is 41.3 Å². The van der Waals surface area contributed by atoms with Crippen molar-refractivity contribution in [2.24, 2.45) is 0 Å². The number of ketones is 1. The fourth-order valence-corrected chi connectivity index (χ4v) is 3.04. The number of ether oxygens (including phenoxy) is 1. The number of hydrogen-bond donors (Lipinski definition) is 1. The Morgan fingerprint density at radius 2 is 1.71 bits per heavy atom. The predicted octanol–water partition coefficient (Wildman–Crippen LogP) is 4.56. The molecule has 0 aliphatic carbocycles. The lowest BCUT2D eigenvalue weighted by atomic mass is 10.1. The van der Waals surface area contributed by atoms with Crippen molar-refractivity contribution in [3.63, 3.8) is 0 Å². The van der Waals surface area contributed by atoms with E-state index in [-0.39, 0.29) is 18.6 Å². The highest BCUT2D eigenvalue weighted by Crippen LogP contribution is 2.18. The van der Waals surface area contributed by atoms with E-state index < -0.39 is 18.0 Å². The Morgan fingerprint density at radius 3 is 2.32 bits per heavy atom. The van der Waals surface area contributed by atoms with E-state index in [0.717, 1.165) is 16.0 Å². The molecule has 0 fully saturated rings. The van der Waals surface area contributed by atoms with E-state index in [9.17, 15) is 14.4 Å². The SMILES string of the molecule is CSc1ccc(C(=O)CCC(=O)O[C@H](C)C(=O)Nc2ccc(C)cc2C)cc1. The number of carbonyl (C=O) groups is 3. The maximum atomic E-state index is 12.2. The average Bonchev–Trinajstić information content (AvgIpc) is 2.68. The first-order valence-electron chi connectivity index (χ1n) is 9.05. The largest absolute Gasteiger partial charge is 0.453 e. The van der Waals surface area contributed by atoms with Crippen molar-refractivity contribution in [1.82, 2.24) is 0 Å². The highest BCUT2D eigenvalue weighted by Gasteiger charge is 2.19. The van der Waals surface area contributed by atoms with Crippen molar-refractivity contribution in [1.29, 1.82) is 0 Å². The first-order valence-corrected chi connectivity index (χ1v) is 10.3. The zero-order chi connectivity index (χ0) is 20.7. The number of nitrogens with one attached hydrogen (secondary N) is 1. The maximum absolute atomic E-state index is 12.2. The lowest BCUT2D eigenvalue weighted by molar-refractivity contribution is -0.153. The molecule has 148 valence electrons. The molecule has 2 rings (SSSR count). The molecular formula is C22H25NO4S. The van der Waals surface area contributed by atoms with E-state index in [2.05, 4.69) is 5.32 Å². The van der Waals surface area contributed by atoms with Crippen molar-refractivity contribution in [2.45, 2.75) is 44.6 Å². The molecule has 0 radical (unpaired) electrons. The molecule has 1 amide bonds. The van der Waals surface area contributed by atoms with Gasteiger partial charge in [-0.25, -0.2) is 0 Å². The van der Waals surface area contributed by atoms with E-state index in [4.69, 9.17) is 4.74 Å². The Balaban J connectivity index is 1.82. The number of benzene rings is 2. The van der Waals surface area contributed by atoms with E-state index in [1.807, 2.05) is 50.4 Å². The second-order valence-electron chi connectivity index (χ2n) is 6.59. The van der Waals surface area contributed by atoms with Gasteiger partial charge in [-0.05, 0) is 50.8 Å². The lowest BCUT2D eigenvalue weighted by Gasteiger charge is -2.15. The van der Waals surface area contributed by atoms with E-state index in [1.54, 1.807) is 23.9 Å². The Hall–Kier alpha value is -2.60. The highest BCUT2D eigenvalue weighted by atomic mass is 32.2. The molecule has 0 spiro atoms. The lowest BCUT2D eigenvalue weighted by Crippen LogP contribution is -2.30. The molecule has 0 saturated heterocycles. The molecule has 1 N–H and O–H groups in total. The Labute approximate surface area is 169 Å². The molecule has 0 aliphatic rings. The van der Waals surface area contributed by atoms with Gasteiger partial charge in [0.1, 0.15) is 0 Å². The molecule has 5 nitrogen and oxygen atoms in total. The molecule has 28 heavy (non-hydrogen) atoms. The summed E-state index contributed by atoms with van der Waals surface area (Å²) in [5, 5.41) is 2.76. The number of amides is 1. The van der Waals surface area contributed by atoms with Crippen LogP contribution in [0.5, 0.6) is 0 Å². The quantitative estimate of drug-likeness (QED) is 0.400. The number of aryl methyl sites for hydroxylation is 2. The number of thioether (sulfide) groups is 1. The van der Waals surface area contributed by atoms with Crippen LogP contribution >= 0.6 is 11.8 Å². The van der Waals surface area contributed by atoms with Gasteiger partial charge in [0.25, 0.3) is 5.91 Å². The minimum absolute atomic E-state index is 0.0445. The van der Waals surface area contributed by atoms with Gasteiger partial charge >= 0.3 is 5.97 Å². The molecule has 2 aromatic carbocycles.